The van der Waals surface area contributed by atoms with Gasteiger partial charge in [0, 0.05) is 25.7 Å². The van der Waals surface area contributed by atoms with Crippen LogP contribution in [0.25, 0.3) is 6.08 Å². The number of rotatable bonds is 6. The quantitative estimate of drug-likeness (QED) is 0.871. The fourth-order valence-electron chi connectivity index (χ4n) is 2.88. The Balaban J connectivity index is 1.53. The number of benzene rings is 1. The molecule has 0 aliphatic carbocycles. The van der Waals surface area contributed by atoms with Gasteiger partial charge in [0.1, 0.15) is 23.8 Å². The van der Waals surface area contributed by atoms with Gasteiger partial charge in [-0.2, -0.15) is 0 Å². The molecule has 2 heterocycles. The maximum absolute atomic E-state index is 13.3. The number of ether oxygens (including phenoxy) is 2. The van der Waals surface area contributed by atoms with E-state index in [0.29, 0.717) is 24.5 Å². The lowest BCUT2D eigenvalue weighted by Gasteiger charge is -2.35. The molecule has 0 radical (unpaired) electrons. The van der Waals surface area contributed by atoms with Gasteiger partial charge in [-0.1, -0.05) is 6.08 Å². The zero-order chi connectivity index (χ0) is 17.6. The highest BCUT2D eigenvalue weighted by molar-refractivity contribution is 5.42. The molecule has 3 rings (SSSR count). The van der Waals surface area contributed by atoms with Crippen LogP contribution >= 0.6 is 0 Å². The largest absolute Gasteiger partial charge is 0.493 e. The van der Waals surface area contributed by atoms with Gasteiger partial charge in [-0.3, -0.25) is 4.90 Å². The number of hydrogen-bond acceptors (Lipinski definition) is 5. The second kappa shape index (κ2) is 8.18. The predicted octanol–water partition coefficient (Wildman–Crippen LogP) is 2.95. The van der Waals surface area contributed by atoms with Crippen molar-refractivity contribution in [1.82, 2.24) is 4.90 Å². The molecule has 0 unspecified atom stereocenters. The monoisotopic (exact) mass is 347 g/mol. The van der Waals surface area contributed by atoms with Crippen molar-refractivity contribution in [2.75, 3.05) is 26.7 Å². The fraction of sp³-hybridized carbons (Fsp3) is 0.368. The van der Waals surface area contributed by atoms with Crippen LogP contribution in [-0.4, -0.2) is 49.0 Å². The molecule has 1 aromatic heterocycles. The van der Waals surface area contributed by atoms with Crippen molar-refractivity contribution in [2.45, 2.75) is 18.6 Å². The lowest BCUT2D eigenvalue weighted by molar-refractivity contribution is -0.0229. The maximum Gasteiger partial charge on any atom is 0.163 e. The highest BCUT2D eigenvalue weighted by Gasteiger charge is 2.29. The third-order valence-electron chi connectivity index (χ3n) is 4.20. The molecule has 6 heteroatoms. The summed E-state index contributed by atoms with van der Waals surface area (Å²) in [4.78, 5) is 2.14. The summed E-state index contributed by atoms with van der Waals surface area (Å²) in [5.41, 5.74) is 0. The first kappa shape index (κ1) is 17.5. The Morgan fingerprint density at radius 3 is 2.96 bits per heavy atom. The van der Waals surface area contributed by atoms with Crippen LogP contribution in [0.5, 0.6) is 11.5 Å². The molecule has 25 heavy (non-hydrogen) atoms. The van der Waals surface area contributed by atoms with Crippen LogP contribution in [0.15, 0.2) is 47.1 Å². The lowest BCUT2D eigenvalue weighted by atomic mass is 10.0. The van der Waals surface area contributed by atoms with Gasteiger partial charge in [0.05, 0.1) is 13.4 Å². The zero-order valence-corrected chi connectivity index (χ0v) is 14.1. The summed E-state index contributed by atoms with van der Waals surface area (Å²) in [7, 11) is 1.46. The van der Waals surface area contributed by atoms with Crippen molar-refractivity contribution < 1.29 is 23.4 Å². The highest BCUT2D eigenvalue weighted by Crippen LogP contribution is 2.30. The molecule has 0 bridgehead atoms. The third kappa shape index (κ3) is 4.61. The number of nitrogens with zero attached hydrogens (tertiary/aromatic N) is 1. The van der Waals surface area contributed by atoms with Gasteiger partial charge in [-0.15, -0.1) is 0 Å². The van der Waals surface area contributed by atoms with Crippen LogP contribution in [0.3, 0.4) is 0 Å². The fourth-order valence-corrected chi connectivity index (χ4v) is 2.88. The molecule has 1 aliphatic rings. The average Bonchev–Trinajstić information content (AvgIpc) is 3.12. The van der Waals surface area contributed by atoms with E-state index in [1.54, 1.807) is 6.26 Å². The maximum atomic E-state index is 13.3. The van der Waals surface area contributed by atoms with Crippen molar-refractivity contribution in [2.24, 2.45) is 0 Å². The first-order valence-corrected chi connectivity index (χ1v) is 8.26. The normalized spacial score (nSPS) is 21.6. The standard InChI is InChI=1S/C19H22FNO4/c1-23-19-12-14(20)6-7-18(19)25-17-8-10-21(13-16(17)22)9-2-4-15-5-3-11-24-15/h2-7,11-12,16-17,22H,8-10,13H2,1H3/b4-2+/t16-,17-/m1/s1. The SMILES string of the molecule is COc1cc(F)ccc1O[C@@H]1CCN(C/C=C/c2ccco2)C[C@H]1O. The number of aliphatic hydroxyl groups excluding tert-OH is 1. The molecule has 1 fully saturated rings. The Bertz CT molecular complexity index is 701. The summed E-state index contributed by atoms with van der Waals surface area (Å²) in [6.07, 6.45) is 5.27. The number of likely N-dealkylation sites (tertiary alicyclic amines) is 1. The van der Waals surface area contributed by atoms with Crippen molar-refractivity contribution in [3.05, 3.63) is 54.2 Å². The molecule has 0 saturated carbocycles. The first-order valence-electron chi connectivity index (χ1n) is 8.26. The van der Waals surface area contributed by atoms with Gasteiger partial charge in [0.2, 0.25) is 0 Å². The Hall–Kier alpha value is -2.31. The minimum absolute atomic E-state index is 0.330. The van der Waals surface area contributed by atoms with Crippen LogP contribution in [0.4, 0.5) is 4.39 Å². The van der Waals surface area contributed by atoms with Gasteiger partial charge in [0.25, 0.3) is 0 Å². The summed E-state index contributed by atoms with van der Waals surface area (Å²) < 4.78 is 29.5. The Morgan fingerprint density at radius 2 is 2.24 bits per heavy atom. The topological polar surface area (TPSA) is 55.1 Å². The van der Waals surface area contributed by atoms with Gasteiger partial charge >= 0.3 is 0 Å². The van der Waals surface area contributed by atoms with Gasteiger partial charge < -0.3 is 19.0 Å². The summed E-state index contributed by atoms with van der Waals surface area (Å²) in [5, 5.41) is 10.4. The van der Waals surface area contributed by atoms with E-state index in [-0.39, 0.29) is 11.9 Å². The summed E-state index contributed by atoms with van der Waals surface area (Å²) in [6, 6.07) is 7.85. The Morgan fingerprint density at radius 1 is 1.36 bits per heavy atom. The summed E-state index contributed by atoms with van der Waals surface area (Å²) in [5.74, 6) is 1.19. The summed E-state index contributed by atoms with van der Waals surface area (Å²) in [6.45, 7) is 2.04. The molecule has 1 saturated heterocycles. The number of furan rings is 1. The van der Waals surface area contributed by atoms with E-state index in [9.17, 15) is 9.50 Å². The van der Waals surface area contributed by atoms with E-state index in [4.69, 9.17) is 13.9 Å². The molecule has 1 N–H and O–H groups in total. The van der Waals surface area contributed by atoms with Crippen molar-refractivity contribution >= 4 is 6.08 Å². The molecule has 2 atom stereocenters. The van der Waals surface area contributed by atoms with Crippen LogP contribution in [0.2, 0.25) is 0 Å². The van der Waals surface area contributed by atoms with Gasteiger partial charge in [-0.25, -0.2) is 4.39 Å². The van der Waals surface area contributed by atoms with Crippen LogP contribution < -0.4 is 9.47 Å². The van der Waals surface area contributed by atoms with Gasteiger partial charge in [-0.05, 0) is 36.8 Å². The molecule has 0 amide bonds. The average molecular weight is 347 g/mol. The van der Waals surface area contributed by atoms with E-state index >= 15 is 0 Å². The molecule has 0 spiro atoms. The number of halogens is 1. The summed E-state index contributed by atoms with van der Waals surface area (Å²) >= 11 is 0. The van der Waals surface area contributed by atoms with E-state index in [1.807, 2.05) is 24.3 Å². The minimum Gasteiger partial charge on any atom is -0.493 e. The van der Waals surface area contributed by atoms with Crippen LogP contribution in [0.1, 0.15) is 12.2 Å². The van der Waals surface area contributed by atoms with E-state index in [1.165, 1.54) is 25.3 Å². The second-order valence-corrected chi connectivity index (χ2v) is 5.98. The Labute approximate surface area is 146 Å². The van der Waals surface area contributed by atoms with Crippen molar-refractivity contribution in [3.63, 3.8) is 0 Å². The van der Waals surface area contributed by atoms with E-state index < -0.39 is 6.10 Å². The number of β-amino-alcohol motifs (C(OH)–C–C–N with tert-alkyl or cyclic N) is 1. The minimum atomic E-state index is -0.625. The molecule has 1 aliphatic heterocycles. The van der Waals surface area contributed by atoms with Crippen LogP contribution in [0, 0.1) is 5.82 Å². The smallest absolute Gasteiger partial charge is 0.163 e. The van der Waals surface area contributed by atoms with Crippen molar-refractivity contribution in [1.29, 1.82) is 0 Å². The second-order valence-electron chi connectivity index (χ2n) is 5.98. The number of methoxy groups -OCH3 is 1. The zero-order valence-electron chi connectivity index (χ0n) is 14.1. The van der Waals surface area contributed by atoms with Gasteiger partial charge in [0.15, 0.2) is 11.5 Å². The molecular formula is C19H22FNO4. The number of hydrogen-bond donors (Lipinski definition) is 1. The van der Waals surface area contributed by atoms with E-state index in [2.05, 4.69) is 4.90 Å². The molecule has 5 nitrogen and oxygen atoms in total. The first-order chi connectivity index (χ1) is 12.2. The predicted molar refractivity (Wildman–Crippen MR) is 92.2 cm³/mol. The van der Waals surface area contributed by atoms with E-state index in [0.717, 1.165) is 18.8 Å². The molecule has 1 aromatic carbocycles. The molecular weight excluding hydrogens is 325 g/mol. The highest BCUT2D eigenvalue weighted by atomic mass is 19.1. The molecule has 2 aromatic rings. The lowest BCUT2D eigenvalue weighted by Crippen LogP contribution is -2.49. The number of piperidine rings is 1. The van der Waals surface area contributed by atoms with Crippen molar-refractivity contribution in [3.8, 4) is 11.5 Å². The third-order valence-corrected chi connectivity index (χ3v) is 4.20. The van der Waals surface area contributed by atoms with Crippen LogP contribution in [-0.2, 0) is 0 Å². The Kier molecular flexibility index (Phi) is 5.73. The number of aliphatic hydroxyl groups is 1. The molecule has 134 valence electrons.